The molecule has 0 spiro atoms. The Labute approximate surface area is 142 Å². The van der Waals surface area contributed by atoms with E-state index in [-0.39, 0.29) is 17.3 Å². The average molecular weight is 347 g/mol. The highest BCUT2D eigenvalue weighted by atomic mass is 32.2. The molecule has 0 bridgehead atoms. The van der Waals surface area contributed by atoms with Crippen molar-refractivity contribution in [1.29, 1.82) is 0 Å². The van der Waals surface area contributed by atoms with Crippen molar-refractivity contribution in [3.8, 4) is 11.2 Å². The van der Waals surface area contributed by atoms with Crippen molar-refractivity contribution >= 4 is 15.9 Å². The fraction of sp³-hybridized carbons (Fsp3) is 0.353. The van der Waals surface area contributed by atoms with Gasteiger partial charge in [0.25, 0.3) is 0 Å². The van der Waals surface area contributed by atoms with Crippen LogP contribution in [0.25, 0.3) is 0 Å². The first-order valence-electron chi connectivity index (χ1n) is 7.73. The van der Waals surface area contributed by atoms with Gasteiger partial charge in [0.1, 0.15) is 5.03 Å². The third-order valence-electron chi connectivity index (χ3n) is 3.18. The van der Waals surface area contributed by atoms with Crippen LogP contribution in [0.3, 0.4) is 0 Å². The fourth-order valence-electron chi connectivity index (χ4n) is 2.03. The van der Waals surface area contributed by atoms with Gasteiger partial charge in [-0.1, -0.05) is 43.2 Å². The maximum atomic E-state index is 13.7. The number of rotatable bonds is 5. The predicted octanol–water partition coefficient (Wildman–Crippen LogP) is 2.42. The minimum atomic E-state index is -3.39. The number of ether oxygens (including phenoxy) is 1. The number of thiol groups is 1. The largest absolute Gasteiger partial charge is 0.461 e. The smallest absolute Gasteiger partial charge is 0.361 e. The Bertz CT molecular complexity index is 803. The lowest BCUT2D eigenvalue weighted by Crippen LogP contribution is -2.17. The SMILES string of the molecule is CCOC(=O)c1nn[nH]c1[SH](=O)(C#CCC(C)C)c1ccccc1. The Morgan fingerprint density at radius 1 is 1.33 bits per heavy atom. The molecule has 2 aromatic rings. The number of hydrogen-bond acceptors (Lipinski definition) is 5. The van der Waals surface area contributed by atoms with Crippen LogP contribution in [0.4, 0.5) is 0 Å². The van der Waals surface area contributed by atoms with Gasteiger partial charge in [-0.3, -0.25) is 4.21 Å². The van der Waals surface area contributed by atoms with Gasteiger partial charge in [-0.15, -0.1) is 5.10 Å². The zero-order chi connectivity index (χ0) is 17.6. The van der Waals surface area contributed by atoms with Crippen LogP contribution in [0, 0.1) is 17.1 Å². The Balaban J connectivity index is 2.56. The van der Waals surface area contributed by atoms with Crippen molar-refractivity contribution in [3.05, 3.63) is 36.0 Å². The first-order chi connectivity index (χ1) is 11.5. The molecule has 24 heavy (non-hydrogen) atoms. The highest BCUT2D eigenvalue weighted by Gasteiger charge is 2.29. The molecule has 7 heteroatoms. The number of nitrogens with one attached hydrogen (secondary N) is 1. The van der Waals surface area contributed by atoms with E-state index in [2.05, 4.69) is 26.6 Å². The number of carbonyl (C=O) groups is 1. The molecule has 6 nitrogen and oxygen atoms in total. The summed E-state index contributed by atoms with van der Waals surface area (Å²) < 4.78 is 18.7. The maximum absolute atomic E-state index is 13.7. The molecular formula is C17H21N3O3S. The lowest BCUT2D eigenvalue weighted by Gasteiger charge is -2.17. The predicted molar refractivity (Wildman–Crippen MR) is 92.1 cm³/mol. The monoisotopic (exact) mass is 347 g/mol. The highest BCUT2D eigenvalue weighted by Crippen LogP contribution is 2.28. The molecule has 128 valence electrons. The van der Waals surface area contributed by atoms with Crippen molar-refractivity contribution in [3.63, 3.8) is 0 Å². The summed E-state index contributed by atoms with van der Waals surface area (Å²) in [6.45, 7) is 5.95. The van der Waals surface area contributed by atoms with Crippen molar-refractivity contribution in [2.45, 2.75) is 37.1 Å². The Kier molecular flexibility index (Phi) is 5.88. The molecular weight excluding hydrogens is 326 g/mol. The van der Waals surface area contributed by atoms with Gasteiger partial charge in [0.2, 0.25) is 5.69 Å². The minimum absolute atomic E-state index is 0.0807. The van der Waals surface area contributed by atoms with Crippen LogP contribution >= 0.6 is 0 Å². The second kappa shape index (κ2) is 7.88. The minimum Gasteiger partial charge on any atom is -0.461 e. The van der Waals surface area contributed by atoms with E-state index in [9.17, 15) is 9.00 Å². The molecule has 2 rings (SSSR count). The number of carbonyl (C=O) groups excluding carboxylic acids is 1. The summed E-state index contributed by atoms with van der Waals surface area (Å²) >= 11 is 0. The standard InChI is InChI=1S/C17H21N3O3S/c1-4-23-17(21)15-16(19-20-18-15)24(22,12-8-9-13(2)3)14-10-6-5-7-11-14/h5-7,10-11,13,24H,4,9H2,1-3H3,(H,18,19,20). The summed E-state index contributed by atoms with van der Waals surface area (Å²) in [5, 5.41) is 13.0. The van der Waals surface area contributed by atoms with Crippen LogP contribution in [0.5, 0.6) is 0 Å². The lowest BCUT2D eigenvalue weighted by atomic mass is 10.1. The van der Waals surface area contributed by atoms with E-state index < -0.39 is 15.9 Å². The van der Waals surface area contributed by atoms with Crippen molar-refractivity contribution in [1.82, 2.24) is 15.4 Å². The lowest BCUT2D eigenvalue weighted by molar-refractivity contribution is 0.0515. The van der Waals surface area contributed by atoms with Gasteiger partial charge in [-0.05, 0) is 30.2 Å². The molecule has 0 atom stereocenters. The molecule has 0 amide bonds. The number of esters is 1. The number of aromatic nitrogens is 3. The van der Waals surface area contributed by atoms with Crippen LogP contribution in [-0.2, 0) is 14.7 Å². The fourth-order valence-corrected chi connectivity index (χ4v) is 4.05. The van der Waals surface area contributed by atoms with Crippen LogP contribution in [0.2, 0.25) is 0 Å². The zero-order valence-electron chi connectivity index (χ0n) is 13.9. The molecule has 1 heterocycles. The van der Waals surface area contributed by atoms with Gasteiger partial charge >= 0.3 is 5.97 Å². The summed E-state index contributed by atoms with van der Waals surface area (Å²) in [5.41, 5.74) is -0.0807. The summed E-state index contributed by atoms with van der Waals surface area (Å²) in [4.78, 5) is 12.6. The van der Waals surface area contributed by atoms with E-state index in [0.717, 1.165) is 0 Å². The number of aromatic amines is 1. The summed E-state index contributed by atoms with van der Waals surface area (Å²) in [7, 11) is -3.39. The molecule has 0 radical (unpaired) electrons. The van der Waals surface area contributed by atoms with Gasteiger partial charge in [-0.2, -0.15) is 0 Å². The number of H-pyrrole nitrogens is 1. The molecule has 0 saturated heterocycles. The molecule has 0 unspecified atom stereocenters. The van der Waals surface area contributed by atoms with Crippen LogP contribution in [0.1, 0.15) is 37.7 Å². The Hall–Kier alpha value is -2.46. The van der Waals surface area contributed by atoms with Gasteiger partial charge in [-0.25, -0.2) is 9.89 Å². The Morgan fingerprint density at radius 2 is 2.04 bits per heavy atom. The molecule has 0 aliphatic rings. The summed E-state index contributed by atoms with van der Waals surface area (Å²) in [6, 6.07) is 8.83. The summed E-state index contributed by atoms with van der Waals surface area (Å²) in [5.74, 6) is 2.66. The van der Waals surface area contributed by atoms with Gasteiger partial charge in [0.05, 0.1) is 6.61 Å². The van der Waals surface area contributed by atoms with E-state index in [1.54, 1.807) is 31.2 Å². The van der Waals surface area contributed by atoms with E-state index in [1.165, 1.54) is 0 Å². The first kappa shape index (κ1) is 17.9. The molecule has 0 aliphatic heterocycles. The van der Waals surface area contributed by atoms with Crippen molar-refractivity contribution in [2.75, 3.05) is 6.61 Å². The summed E-state index contributed by atoms with van der Waals surface area (Å²) in [6.07, 6.45) is 0.604. The second-order valence-corrected chi connectivity index (χ2v) is 7.97. The highest BCUT2D eigenvalue weighted by molar-refractivity contribution is 8.07. The van der Waals surface area contributed by atoms with E-state index in [4.69, 9.17) is 4.74 Å². The number of nitrogens with zero attached hydrogens (tertiary/aromatic N) is 2. The van der Waals surface area contributed by atoms with Crippen molar-refractivity contribution < 1.29 is 13.7 Å². The number of hydrogen-bond donors (Lipinski definition) is 2. The molecule has 1 N–H and O–H groups in total. The van der Waals surface area contributed by atoms with E-state index in [0.29, 0.717) is 17.2 Å². The van der Waals surface area contributed by atoms with Crippen LogP contribution in [-0.4, -0.2) is 32.2 Å². The van der Waals surface area contributed by atoms with Crippen molar-refractivity contribution in [2.24, 2.45) is 5.92 Å². The molecule has 0 fully saturated rings. The third-order valence-corrected chi connectivity index (χ3v) is 5.62. The zero-order valence-corrected chi connectivity index (χ0v) is 14.8. The molecule has 1 aromatic carbocycles. The van der Waals surface area contributed by atoms with Gasteiger partial charge in [0.15, 0.2) is 0 Å². The van der Waals surface area contributed by atoms with Crippen LogP contribution in [0.15, 0.2) is 40.3 Å². The number of benzene rings is 1. The second-order valence-electron chi connectivity index (χ2n) is 5.56. The quantitative estimate of drug-likeness (QED) is 0.493. The molecule has 0 saturated carbocycles. The Morgan fingerprint density at radius 3 is 2.67 bits per heavy atom. The van der Waals surface area contributed by atoms with Gasteiger partial charge in [0, 0.05) is 21.2 Å². The topological polar surface area (TPSA) is 84.9 Å². The van der Waals surface area contributed by atoms with E-state index in [1.807, 2.05) is 19.9 Å². The molecule has 0 aliphatic carbocycles. The third kappa shape index (κ3) is 3.89. The first-order valence-corrected chi connectivity index (χ1v) is 9.44. The van der Waals surface area contributed by atoms with Gasteiger partial charge < -0.3 is 4.74 Å². The molecule has 1 aromatic heterocycles. The average Bonchev–Trinajstić information content (AvgIpc) is 3.06. The normalized spacial score (nSPS) is 11.7. The van der Waals surface area contributed by atoms with E-state index >= 15 is 0 Å². The maximum Gasteiger partial charge on any atom is 0.361 e. The van der Waals surface area contributed by atoms with Crippen LogP contribution < -0.4 is 0 Å².